The van der Waals surface area contributed by atoms with E-state index in [4.69, 9.17) is 9.84 Å². The van der Waals surface area contributed by atoms with Gasteiger partial charge in [0.1, 0.15) is 0 Å². The van der Waals surface area contributed by atoms with Gasteiger partial charge in [-0.1, -0.05) is 0 Å². The summed E-state index contributed by atoms with van der Waals surface area (Å²) in [7, 11) is 1.82. The minimum atomic E-state index is -0.805. The number of carboxylic acid groups (broad SMARTS) is 1. The van der Waals surface area contributed by atoms with Gasteiger partial charge in [0.05, 0.1) is 25.0 Å². The second-order valence-corrected chi connectivity index (χ2v) is 5.00. The van der Waals surface area contributed by atoms with Crippen molar-refractivity contribution in [3.8, 4) is 0 Å². The molecule has 2 aliphatic rings. The molecule has 18 heavy (non-hydrogen) atoms. The largest absolute Gasteiger partial charge is 0.481 e. The van der Waals surface area contributed by atoms with Crippen molar-refractivity contribution in [3.05, 3.63) is 0 Å². The molecule has 0 bridgehead atoms. The second kappa shape index (κ2) is 5.67. The standard InChI is InChI=1S/C12H20N2O4/c1-13-10-7-18-6-9(10)11(15)14-4-2-3-8(5-14)12(16)17/h8-10,13H,2-7H2,1H3,(H,16,17)/t8-,9?,10?/m0/s1. The van der Waals surface area contributed by atoms with Crippen molar-refractivity contribution in [1.82, 2.24) is 10.2 Å². The molecule has 6 heteroatoms. The first-order valence-corrected chi connectivity index (χ1v) is 6.40. The van der Waals surface area contributed by atoms with Crippen LogP contribution in [0.5, 0.6) is 0 Å². The molecule has 0 aliphatic carbocycles. The molecule has 2 N–H and O–H groups in total. The lowest BCUT2D eigenvalue weighted by molar-refractivity contribution is -0.146. The number of carbonyl (C=O) groups excluding carboxylic acids is 1. The van der Waals surface area contributed by atoms with E-state index in [2.05, 4.69) is 5.32 Å². The smallest absolute Gasteiger partial charge is 0.308 e. The number of hydrogen-bond donors (Lipinski definition) is 2. The van der Waals surface area contributed by atoms with Crippen LogP contribution in [0.25, 0.3) is 0 Å². The Labute approximate surface area is 106 Å². The quantitative estimate of drug-likeness (QED) is 0.714. The molecule has 0 aromatic heterocycles. The number of ether oxygens (including phenoxy) is 1. The molecule has 3 atom stereocenters. The number of aliphatic carboxylic acids is 1. The molecule has 2 heterocycles. The predicted octanol–water partition coefficient (Wildman–Crippen LogP) is -0.456. The lowest BCUT2D eigenvalue weighted by Crippen LogP contribution is -2.49. The van der Waals surface area contributed by atoms with Gasteiger partial charge in [-0.15, -0.1) is 0 Å². The number of carboxylic acids is 1. The fourth-order valence-corrected chi connectivity index (χ4v) is 2.70. The van der Waals surface area contributed by atoms with E-state index in [9.17, 15) is 9.59 Å². The Kier molecular flexibility index (Phi) is 4.19. The van der Waals surface area contributed by atoms with E-state index in [1.165, 1.54) is 0 Å². The molecule has 0 radical (unpaired) electrons. The highest BCUT2D eigenvalue weighted by Gasteiger charge is 2.38. The Morgan fingerprint density at radius 2 is 2.17 bits per heavy atom. The Bertz CT molecular complexity index is 334. The van der Waals surface area contributed by atoms with Crippen LogP contribution in [0.1, 0.15) is 12.8 Å². The molecule has 2 unspecified atom stereocenters. The van der Waals surface area contributed by atoms with Gasteiger partial charge in [0, 0.05) is 19.1 Å². The predicted molar refractivity (Wildman–Crippen MR) is 64.1 cm³/mol. The number of carbonyl (C=O) groups is 2. The second-order valence-electron chi connectivity index (χ2n) is 5.00. The molecular weight excluding hydrogens is 236 g/mol. The summed E-state index contributed by atoms with van der Waals surface area (Å²) < 4.78 is 5.32. The molecule has 0 spiro atoms. The van der Waals surface area contributed by atoms with Gasteiger partial charge < -0.3 is 20.1 Å². The Morgan fingerprint density at radius 3 is 2.83 bits per heavy atom. The summed E-state index contributed by atoms with van der Waals surface area (Å²) in [6.07, 6.45) is 1.43. The average Bonchev–Trinajstić information content (AvgIpc) is 2.86. The number of likely N-dealkylation sites (tertiary alicyclic amines) is 1. The van der Waals surface area contributed by atoms with Crippen molar-refractivity contribution in [2.24, 2.45) is 11.8 Å². The van der Waals surface area contributed by atoms with Gasteiger partial charge in [0.2, 0.25) is 5.91 Å². The van der Waals surface area contributed by atoms with Crippen LogP contribution in [0.2, 0.25) is 0 Å². The van der Waals surface area contributed by atoms with Gasteiger partial charge in [-0.3, -0.25) is 9.59 Å². The molecule has 0 aromatic rings. The maximum atomic E-state index is 12.4. The van der Waals surface area contributed by atoms with Crippen molar-refractivity contribution in [3.63, 3.8) is 0 Å². The Morgan fingerprint density at radius 1 is 1.39 bits per heavy atom. The van der Waals surface area contributed by atoms with Gasteiger partial charge in [-0.05, 0) is 19.9 Å². The maximum absolute atomic E-state index is 12.4. The van der Waals surface area contributed by atoms with Crippen LogP contribution < -0.4 is 5.32 Å². The van der Waals surface area contributed by atoms with Crippen LogP contribution in [-0.4, -0.2) is 61.3 Å². The van der Waals surface area contributed by atoms with E-state index < -0.39 is 11.9 Å². The number of rotatable bonds is 3. The average molecular weight is 256 g/mol. The van der Waals surface area contributed by atoms with E-state index in [1.807, 2.05) is 7.05 Å². The van der Waals surface area contributed by atoms with Crippen molar-refractivity contribution in [1.29, 1.82) is 0 Å². The normalized spacial score (nSPS) is 32.5. The lowest BCUT2D eigenvalue weighted by atomic mass is 9.95. The van der Waals surface area contributed by atoms with E-state index >= 15 is 0 Å². The molecular formula is C12H20N2O4. The number of hydrogen-bond acceptors (Lipinski definition) is 4. The number of likely N-dealkylation sites (N-methyl/N-ethyl adjacent to an activating group) is 1. The van der Waals surface area contributed by atoms with Crippen molar-refractivity contribution in [2.75, 3.05) is 33.4 Å². The van der Waals surface area contributed by atoms with Crippen LogP contribution in [0.4, 0.5) is 0 Å². The molecule has 6 nitrogen and oxygen atoms in total. The zero-order valence-electron chi connectivity index (χ0n) is 10.6. The van der Waals surface area contributed by atoms with Gasteiger partial charge in [0.25, 0.3) is 0 Å². The topological polar surface area (TPSA) is 78.9 Å². The molecule has 2 aliphatic heterocycles. The van der Waals surface area contributed by atoms with E-state index in [0.717, 1.165) is 6.42 Å². The number of nitrogens with zero attached hydrogens (tertiary/aromatic N) is 1. The third-order valence-corrected chi connectivity index (χ3v) is 3.85. The zero-order chi connectivity index (χ0) is 13.1. The van der Waals surface area contributed by atoms with E-state index in [1.54, 1.807) is 4.90 Å². The summed E-state index contributed by atoms with van der Waals surface area (Å²) >= 11 is 0. The summed E-state index contributed by atoms with van der Waals surface area (Å²) in [5.74, 6) is -1.38. The summed E-state index contributed by atoms with van der Waals surface area (Å²) in [5, 5.41) is 12.1. The highest BCUT2D eigenvalue weighted by atomic mass is 16.5. The van der Waals surface area contributed by atoms with Gasteiger partial charge in [-0.25, -0.2) is 0 Å². The zero-order valence-corrected chi connectivity index (χ0v) is 10.6. The fourth-order valence-electron chi connectivity index (χ4n) is 2.70. The minimum Gasteiger partial charge on any atom is -0.481 e. The number of piperidine rings is 1. The highest BCUT2D eigenvalue weighted by molar-refractivity contribution is 5.81. The first-order chi connectivity index (χ1) is 8.63. The van der Waals surface area contributed by atoms with Crippen LogP contribution in [-0.2, 0) is 14.3 Å². The Hall–Kier alpha value is -1.14. The summed E-state index contributed by atoms with van der Waals surface area (Å²) in [4.78, 5) is 25.0. The van der Waals surface area contributed by atoms with Gasteiger partial charge in [-0.2, -0.15) is 0 Å². The van der Waals surface area contributed by atoms with Crippen LogP contribution in [0, 0.1) is 11.8 Å². The van der Waals surface area contributed by atoms with E-state index in [-0.39, 0.29) is 17.9 Å². The number of nitrogens with one attached hydrogen (secondary N) is 1. The molecule has 2 fully saturated rings. The molecule has 102 valence electrons. The monoisotopic (exact) mass is 256 g/mol. The van der Waals surface area contributed by atoms with E-state index in [0.29, 0.717) is 32.7 Å². The third-order valence-electron chi connectivity index (χ3n) is 3.85. The van der Waals surface area contributed by atoms with Gasteiger partial charge >= 0.3 is 5.97 Å². The molecule has 1 amide bonds. The first-order valence-electron chi connectivity index (χ1n) is 6.40. The highest BCUT2D eigenvalue weighted by Crippen LogP contribution is 2.22. The number of amides is 1. The molecule has 2 rings (SSSR count). The summed E-state index contributed by atoms with van der Waals surface area (Å²) in [6, 6.07) is 0.0442. The van der Waals surface area contributed by atoms with Crippen molar-refractivity contribution >= 4 is 11.9 Å². The third kappa shape index (κ3) is 2.64. The molecule has 0 aromatic carbocycles. The van der Waals surface area contributed by atoms with Crippen molar-refractivity contribution < 1.29 is 19.4 Å². The Balaban J connectivity index is 1.98. The molecule has 0 saturated carbocycles. The van der Waals surface area contributed by atoms with Crippen LogP contribution in [0.15, 0.2) is 0 Å². The summed E-state index contributed by atoms with van der Waals surface area (Å²) in [5.41, 5.74) is 0. The fraction of sp³-hybridized carbons (Fsp3) is 0.833. The minimum absolute atomic E-state index is 0.0257. The summed E-state index contributed by atoms with van der Waals surface area (Å²) in [6.45, 7) is 1.97. The van der Waals surface area contributed by atoms with Crippen LogP contribution >= 0.6 is 0 Å². The van der Waals surface area contributed by atoms with Crippen LogP contribution in [0.3, 0.4) is 0 Å². The van der Waals surface area contributed by atoms with Crippen molar-refractivity contribution in [2.45, 2.75) is 18.9 Å². The lowest BCUT2D eigenvalue weighted by Gasteiger charge is -2.33. The maximum Gasteiger partial charge on any atom is 0.308 e. The van der Waals surface area contributed by atoms with Gasteiger partial charge in [0.15, 0.2) is 0 Å². The molecule has 2 saturated heterocycles. The first kappa shape index (κ1) is 13.3. The SMILES string of the molecule is CNC1COCC1C(=O)N1CCC[C@H](C(=O)O)C1.